The lowest BCUT2D eigenvalue weighted by atomic mass is 9.64. The van der Waals surface area contributed by atoms with E-state index in [9.17, 15) is 0 Å². The predicted octanol–water partition coefficient (Wildman–Crippen LogP) is 2.79. The smallest absolute Gasteiger partial charge is 0.0406 e. The van der Waals surface area contributed by atoms with Gasteiger partial charge in [0.15, 0.2) is 0 Å². The van der Waals surface area contributed by atoms with Crippen molar-refractivity contribution >= 4 is 11.6 Å². The summed E-state index contributed by atoms with van der Waals surface area (Å²) in [6, 6.07) is 8.83. The molecule has 2 fully saturated rings. The van der Waals surface area contributed by atoms with E-state index >= 15 is 0 Å². The number of hydrogen-bond donors (Lipinski definition) is 1. The van der Waals surface area contributed by atoms with Crippen molar-refractivity contribution in [3.8, 4) is 0 Å². The molecule has 1 aromatic rings. The van der Waals surface area contributed by atoms with Gasteiger partial charge in [-0.2, -0.15) is 0 Å². The van der Waals surface area contributed by atoms with Gasteiger partial charge in [-0.15, -0.1) is 0 Å². The summed E-state index contributed by atoms with van der Waals surface area (Å²) in [6.07, 6.45) is 5.11. The fourth-order valence-corrected chi connectivity index (χ4v) is 3.51. The monoisotopic (exact) mass is 264 g/mol. The molecule has 3 heteroatoms. The maximum absolute atomic E-state index is 6.00. The minimum absolute atomic E-state index is 0.370. The second-order valence-corrected chi connectivity index (χ2v) is 6.36. The van der Waals surface area contributed by atoms with E-state index in [2.05, 4.69) is 17.0 Å². The van der Waals surface area contributed by atoms with Crippen LogP contribution < -0.4 is 5.73 Å². The average molecular weight is 265 g/mol. The summed E-state index contributed by atoms with van der Waals surface area (Å²) in [5, 5.41) is 0.830. The Hall–Kier alpha value is -0.570. The van der Waals surface area contributed by atoms with Crippen molar-refractivity contribution in [2.45, 2.75) is 37.1 Å². The van der Waals surface area contributed by atoms with Gasteiger partial charge in [0.1, 0.15) is 0 Å². The second-order valence-electron chi connectivity index (χ2n) is 5.92. The SMILES string of the molecule is NC1CCN(CC2(c3ccc(Cl)cc3)CCC2)C1. The summed E-state index contributed by atoms with van der Waals surface area (Å²) in [6.45, 7) is 3.40. The first-order valence-corrected chi connectivity index (χ1v) is 7.30. The van der Waals surface area contributed by atoms with Gasteiger partial charge < -0.3 is 10.6 Å². The summed E-state index contributed by atoms with van der Waals surface area (Å²) in [5.41, 5.74) is 7.83. The Morgan fingerprint density at radius 1 is 1.28 bits per heavy atom. The van der Waals surface area contributed by atoms with E-state index in [1.165, 1.54) is 31.4 Å². The van der Waals surface area contributed by atoms with Crippen molar-refractivity contribution < 1.29 is 0 Å². The average Bonchev–Trinajstić information content (AvgIpc) is 2.71. The van der Waals surface area contributed by atoms with Crippen LogP contribution in [-0.4, -0.2) is 30.6 Å². The Labute approximate surface area is 114 Å². The standard InChI is InChI=1S/C15H21ClN2/c16-13-4-2-12(3-5-13)15(7-1-8-15)11-18-9-6-14(17)10-18/h2-5,14H,1,6-11,17H2. The van der Waals surface area contributed by atoms with Gasteiger partial charge in [-0.05, 0) is 43.5 Å². The molecular formula is C15H21ClN2. The normalized spacial score (nSPS) is 27.1. The van der Waals surface area contributed by atoms with Crippen LogP contribution in [0, 0.1) is 0 Å². The lowest BCUT2D eigenvalue weighted by Gasteiger charge is -2.45. The first-order chi connectivity index (χ1) is 8.68. The van der Waals surface area contributed by atoms with Crippen LogP contribution in [0.3, 0.4) is 0 Å². The largest absolute Gasteiger partial charge is 0.326 e. The third kappa shape index (κ3) is 2.29. The third-order valence-electron chi connectivity index (χ3n) is 4.60. The zero-order chi connectivity index (χ0) is 12.6. The molecular weight excluding hydrogens is 244 g/mol. The van der Waals surface area contributed by atoms with Gasteiger partial charge in [-0.25, -0.2) is 0 Å². The molecule has 0 amide bonds. The van der Waals surface area contributed by atoms with Crippen LogP contribution in [0.2, 0.25) is 5.02 Å². The minimum Gasteiger partial charge on any atom is -0.326 e. The summed E-state index contributed by atoms with van der Waals surface area (Å²) in [7, 11) is 0. The van der Waals surface area contributed by atoms with Crippen LogP contribution in [0.5, 0.6) is 0 Å². The van der Waals surface area contributed by atoms with Crippen molar-refractivity contribution in [3.63, 3.8) is 0 Å². The fourth-order valence-electron chi connectivity index (χ4n) is 3.38. The van der Waals surface area contributed by atoms with E-state index in [4.69, 9.17) is 17.3 Å². The highest BCUT2D eigenvalue weighted by molar-refractivity contribution is 6.30. The zero-order valence-electron chi connectivity index (χ0n) is 10.7. The first kappa shape index (κ1) is 12.5. The van der Waals surface area contributed by atoms with Gasteiger partial charge in [-0.1, -0.05) is 30.2 Å². The van der Waals surface area contributed by atoms with Gasteiger partial charge in [0.25, 0.3) is 0 Å². The molecule has 1 heterocycles. The number of nitrogens with zero attached hydrogens (tertiary/aromatic N) is 1. The molecule has 2 aliphatic rings. The second kappa shape index (κ2) is 4.84. The van der Waals surface area contributed by atoms with Crippen LogP contribution in [0.25, 0.3) is 0 Å². The van der Waals surface area contributed by atoms with Gasteiger partial charge in [0.2, 0.25) is 0 Å². The molecule has 1 atom stereocenters. The van der Waals surface area contributed by atoms with E-state index in [-0.39, 0.29) is 0 Å². The van der Waals surface area contributed by atoms with Crippen LogP contribution in [0.15, 0.2) is 24.3 Å². The maximum Gasteiger partial charge on any atom is 0.0406 e. The highest BCUT2D eigenvalue weighted by atomic mass is 35.5. The van der Waals surface area contributed by atoms with E-state index in [1.807, 2.05) is 12.1 Å². The third-order valence-corrected chi connectivity index (χ3v) is 4.85. The Bertz CT molecular complexity index is 411. The Kier molecular flexibility index (Phi) is 3.35. The summed E-state index contributed by atoms with van der Waals surface area (Å²) in [5.74, 6) is 0. The number of nitrogens with two attached hydrogens (primary N) is 1. The molecule has 0 bridgehead atoms. The predicted molar refractivity (Wildman–Crippen MR) is 76.0 cm³/mol. The quantitative estimate of drug-likeness (QED) is 0.910. The van der Waals surface area contributed by atoms with Crippen LogP contribution in [-0.2, 0) is 5.41 Å². The van der Waals surface area contributed by atoms with Crippen molar-refractivity contribution in [2.75, 3.05) is 19.6 Å². The molecule has 1 aromatic carbocycles. The van der Waals surface area contributed by atoms with Crippen molar-refractivity contribution in [2.24, 2.45) is 5.73 Å². The van der Waals surface area contributed by atoms with E-state index in [0.29, 0.717) is 11.5 Å². The maximum atomic E-state index is 6.00. The van der Waals surface area contributed by atoms with Crippen molar-refractivity contribution in [3.05, 3.63) is 34.9 Å². The van der Waals surface area contributed by atoms with Crippen LogP contribution in [0.4, 0.5) is 0 Å². The number of hydrogen-bond acceptors (Lipinski definition) is 2. The molecule has 1 saturated heterocycles. The van der Waals surface area contributed by atoms with E-state index in [1.54, 1.807) is 0 Å². The first-order valence-electron chi connectivity index (χ1n) is 6.92. The van der Waals surface area contributed by atoms with Gasteiger partial charge >= 0.3 is 0 Å². The molecule has 3 rings (SSSR count). The number of halogens is 1. The van der Waals surface area contributed by atoms with Gasteiger partial charge in [-0.3, -0.25) is 0 Å². The molecule has 0 aromatic heterocycles. The Morgan fingerprint density at radius 3 is 2.50 bits per heavy atom. The Morgan fingerprint density at radius 2 is 2.00 bits per heavy atom. The number of benzene rings is 1. The molecule has 18 heavy (non-hydrogen) atoms. The minimum atomic E-state index is 0.370. The van der Waals surface area contributed by atoms with E-state index < -0.39 is 0 Å². The van der Waals surface area contributed by atoms with Crippen LogP contribution in [0.1, 0.15) is 31.2 Å². The highest BCUT2D eigenvalue weighted by Gasteiger charge is 2.40. The van der Waals surface area contributed by atoms with Gasteiger partial charge in [0, 0.05) is 29.6 Å². The molecule has 2 nitrogen and oxygen atoms in total. The molecule has 0 radical (unpaired) electrons. The lowest BCUT2D eigenvalue weighted by Crippen LogP contribution is -2.45. The molecule has 1 aliphatic carbocycles. The van der Waals surface area contributed by atoms with E-state index in [0.717, 1.165) is 24.5 Å². The fraction of sp³-hybridized carbons (Fsp3) is 0.600. The lowest BCUT2D eigenvalue weighted by molar-refractivity contribution is 0.158. The molecule has 1 saturated carbocycles. The Balaban J connectivity index is 1.75. The zero-order valence-corrected chi connectivity index (χ0v) is 11.5. The molecule has 1 aliphatic heterocycles. The molecule has 2 N–H and O–H groups in total. The summed E-state index contributed by atoms with van der Waals surface area (Å²) < 4.78 is 0. The van der Waals surface area contributed by atoms with Crippen LogP contribution >= 0.6 is 11.6 Å². The molecule has 0 spiro atoms. The van der Waals surface area contributed by atoms with Gasteiger partial charge in [0.05, 0.1) is 0 Å². The van der Waals surface area contributed by atoms with Crippen molar-refractivity contribution in [1.29, 1.82) is 0 Å². The summed E-state index contributed by atoms with van der Waals surface area (Å²) >= 11 is 5.99. The topological polar surface area (TPSA) is 29.3 Å². The number of rotatable bonds is 3. The summed E-state index contributed by atoms with van der Waals surface area (Å²) in [4.78, 5) is 2.54. The molecule has 98 valence electrons. The van der Waals surface area contributed by atoms with Crippen molar-refractivity contribution in [1.82, 2.24) is 4.90 Å². The molecule has 1 unspecified atom stereocenters. The number of likely N-dealkylation sites (tertiary alicyclic amines) is 1. The highest BCUT2D eigenvalue weighted by Crippen LogP contribution is 2.44.